The van der Waals surface area contributed by atoms with Crippen molar-refractivity contribution in [1.82, 2.24) is 4.98 Å². The van der Waals surface area contributed by atoms with Gasteiger partial charge in [0.25, 0.3) is 0 Å². The van der Waals surface area contributed by atoms with Crippen LogP contribution in [0.3, 0.4) is 0 Å². The van der Waals surface area contributed by atoms with E-state index in [-0.39, 0.29) is 6.67 Å². The second kappa shape index (κ2) is 4.75. The monoisotopic (exact) mass is 235 g/mol. The molecule has 1 aliphatic carbocycles. The van der Waals surface area contributed by atoms with Crippen LogP contribution in [0.25, 0.3) is 0 Å². The van der Waals surface area contributed by atoms with Gasteiger partial charge in [0.15, 0.2) is 0 Å². The van der Waals surface area contributed by atoms with E-state index in [1.54, 1.807) is 0 Å². The molecule has 1 saturated carbocycles. The van der Waals surface area contributed by atoms with Gasteiger partial charge in [-0.3, -0.25) is 4.98 Å². The summed E-state index contributed by atoms with van der Waals surface area (Å²) in [7, 11) is 0. The van der Waals surface area contributed by atoms with E-state index in [0.29, 0.717) is 17.8 Å². The van der Waals surface area contributed by atoms with Crippen molar-refractivity contribution in [2.24, 2.45) is 0 Å². The van der Waals surface area contributed by atoms with Crippen molar-refractivity contribution in [3.05, 3.63) is 28.6 Å². The molecule has 0 saturated heterocycles. The van der Waals surface area contributed by atoms with Gasteiger partial charge in [0.05, 0.1) is 0 Å². The van der Waals surface area contributed by atoms with Crippen LogP contribution in [0.15, 0.2) is 6.07 Å². The van der Waals surface area contributed by atoms with Crippen LogP contribution in [0.4, 0.5) is 4.39 Å². The van der Waals surface area contributed by atoms with Gasteiger partial charge in [-0.05, 0) is 36.3 Å². The van der Waals surface area contributed by atoms with Gasteiger partial charge in [0.1, 0.15) is 6.67 Å². The summed E-state index contributed by atoms with van der Waals surface area (Å²) in [5, 5.41) is 0. The molecule has 0 amide bonds. The Morgan fingerprint density at radius 2 is 1.88 bits per heavy atom. The predicted molar refractivity (Wildman–Crippen MR) is 69.2 cm³/mol. The van der Waals surface area contributed by atoms with Gasteiger partial charge in [-0.15, -0.1) is 0 Å². The van der Waals surface area contributed by atoms with E-state index in [1.807, 2.05) is 0 Å². The number of halogens is 1. The first-order valence-electron chi connectivity index (χ1n) is 6.64. The maximum atomic E-state index is 13.3. The number of hydrogen-bond donors (Lipinski definition) is 0. The van der Waals surface area contributed by atoms with Crippen molar-refractivity contribution in [2.45, 2.75) is 65.0 Å². The second-order valence-corrected chi connectivity index (χ2v) is 5.72. The molecule has 94 valence electrons. The van der Waals surface area contributed by atoms with Crippen LogP contribution in [0.5, 0.6) is 0 Å². The van der Waals surface area contributed by atoms with Crippen LogP contribution in [-0.4, -0.2) is 4.98 Å². The summed E-state index contributed by atoms with van der Waals surface area (Å²) in [6, 6.07) is 2.11. The summed E-state index contributed by atoms with van der Waals surface area (Å²) in [5.74, 6) is 1.31. The highest BCUT2D eigenvalue weighted by Crippen LogP contribution is 2.43. The molecule has 0 bridgehead atoms. The Morgan fingerprint density at radius 1 is 1.24 bits per heavy atom. The first-order chi connectivity index (χ1) is 8.04. The fourth-order valence-electron chi connectivity index (χ4n) is 2.28. The molecule has 1 fully saturated rings. The van der Waals surface area contributed by atoms with Gasteiger partial charge < -0.3 is 0 Å². The minimum atomic E-state index is -0.370. The number of pyridine rings is 1. The molecule has 0 spiro atoms. The van der Waals surface area contributed by atoms with Crippen molar-refractivity contribution in [3.63, 3.8) is 0 Å². The summed E-state index contributed by atoms with van der Waals surface area (Å²) in [6.45, 7) is 8.20. The fourth-order valence-corrected chi connectivity index (χ4v) is 2.28. The number of rotatable bonds is 4. The molecule has 2 rings (SSSR count). The third-order valence-electron chi connectivity index (χ3n) is 3.52. The van der Waals surface area contributed by atoms with E-state index < -0.39 is 0 Å². The van der Waals surface area contributed by atoms with E-state index in [0.717, 1.165) is 22.5 Å². The maximum absolute atomic E-state index is 13.3. The Bertz CT molecular complexity index is 382. The molecule has 1 aliphatic rings. The SMILES string of the molecule is CC(C)c1cc(C(C)C)c(CF)c(C2CC2)n1. The third kappa shape index (κ3) is 2.51. The van der Waals surface area contributed by atoms with Gasteiger partial charge in [-0.1, -0.05) is 27.7 Å². The normalized spacial score (nSPS) is 15.9. The predicted octanol–water partition coefficient (Wildman–Crippen LogP) is 4.68. The molecule has 0 aliphatic heterocycles. The van der Waals surface area contributed by atoms with E-state index >= 15 is 0 Å². The summed E-state index contributed by atoms with van der Waals surface area (Å²) in [6.07, 6.45) is 2.36. The van der Waals surface area contributed by atoms with Crippen molar-refractivity contribution >= 4 is 0 Å². The lowest BCUT2D eigenvalue weighted by Crippen LogP contribution is -2.07. The second-order valence-electron chi connectivity index (χ2n) is 5.72. The largest absolute Gasteiger partial charge is 0.257 e. The van der Waals surface area contributed by atoms with Crippen LogP contribution in [0.2, 0.25) is 0 Å². The highest BCUT2D eigenvalue weighted by molar-refractivity contribution is 5.38. The standard InChI is InChI=1S/C15H22FN/c1-9(2)12-7-14(10(3)4)17-15(11-5-6-11)13(12)8-16/h7,9-11H,5-6,8H2,1-4H3. The number of nitrogens with zero attached hydrogens (tertiary/aromatic N) is 1. The number of aromatic nitrogens is 1. The number of alkyl halides is 1. The lowest BCUT2D eigenvalue weighted by atomic mass is 9.93. The van der Waals surface area contributed by atoms with Crippen molar-refractivity contribution in [2.75, 3.05) is 0 Å². The Kier molecular flexibility index (Phi) is 3.50. The molecule has 0 radical (unpaired) electrons. The molecule has 2 heteroatoms. The molecule has 1 aromatic rings. The van der Waals surface area contributed by atoms with Gasteiger partial charge in [-0.2, -0.15) is 0 Å². The highest BCUT2D eigenvalue weighted by atomic mass is 19.1. The topological polar surface area (TPSA) is 12.9 Å². The number of hydrogen-bond acceptors (Lipinski definition) is 1. The van der Waals surface area contributed by atoms with Gasteiger partial charge >= 0.3 is 0 Å². The average molecular weight is 235 g/mol. The van der Waals surface area contributed by atoms with Crippen molar-refractivity contribution in [1.29, 1.82) is 0 Å². The molecule has 0 unspecified atom stereocenters. The molecule has 1 heterocycles. The van der Waals surface area contributed by atoms with Crippen molar-refractivity contribution in [3.8, 4) is 0 Å². The summed E-state index contributed by atoms with van der Waals surface area (Å²) in [4.78, 5) is 4.71. The first-order valence-corrected chi connectivity index (χ1v) is 6.64. The zero-order chi connectivity index (χ0) is 12.6. The van der Waals surface area contributed by atoms with Gasteiger partial charge in [-0.25, -0.2) is 4.39 Å². The van der Waals surface area contributed by atoms with Crippen LogP contribution in [-0.2, 0) is 6.67 Å². The molecule has 0 N–H and O–H groups in total. The first kappa shape index (κ1) is 12.5. The van der Waals surface area contributed by atoms with E-state index in [1.165, 1.54) is 12.8 Å². The molecular weight excluding hydrogens is 213 g/mol. The Morgan fingerprint density at radius 3 is 2.29 bits per heavy atom. The minimum Gasteiger partial charge on any atom is -0.257 e. The van der Waals surface area contributed by atoms with E-state index in [9.17, 15) is 4.39 Å². The smallest absolute Gasteiger partial charge is 0.117 e. The Hall–Kier alpha value is -0.920. The molecule has 1 aromatic heterocycles. The maximum Gasteiger partial charge on any atom is 0.117 e. The molecule has 17 heavy (non-hydrogen) atoms. The van der Waals surface area contributed by atoms with Crippen LogP contribution in [0, 0.1) is 0 Å². The fraction of sp³-hybridized carbons (Fsp3) is 0.667. The van der Waals surface area contributed by atoms with Crippen LogP contribution < -0.4 is 0 Å². The van der Waals surface area contributed by atoms with Gasteiger partial charge in [0, 0.05) is 22.9 Å². The van der Waals surface area contributed by atoms with E-state index in [2.05, 4.69) is 33.8 Å². The molecule has 0 aromatic carbocycles. The van der Waals surface area contributed by atoms with Crippen molar-refractivity contribution < 1.29 is 4.39 Å². The van der Waals surface area contributed by atoms with Crippen LogP contribution >= 0.6 is 0 Å². The van der Waals surface area contributed by atoms with Gasteiger partial charge in [0.2, 0.25) is 0 Å². The highest BCUT2D eigenvalue weighted by Gasteiger charge is 2.30. The van der Waals surface area contributed by atoms with Crippen LogP contribution in [0.1, 0.15) is 80.8 Å². The quantitative estimate of drug-likeness (QED) is 0.738. The summed E-state index contributed by atoms with van der Waals surface area (Å²) >= 11 is 0. The zero-order valence-electron chi connectivity index (χ0n) is 11.3. The average Bonchev–Trinajstić information content (AvgIpc) is 3.10. The lowest BCUT2D eigenvalue weighted by molar-refractivity contribution is 0.475. The third-order valence-corrected chi connectivity index (χ3v) is 3.52. The summed E-state index contributed by atoms with van der Waals surface area (Å²) in [5.41, 5.74) is 4.19. The molecule has 0 atom stereocenters. The minimum absolute atomic E-state index is 0.370. The Labute approximate surface area is 103 Å². The van der Waals surface area contributed by atoms with E-state index in [4.69, 9.17) is 4.98 Å². The molecular formula is C15H22FN. The Balaban J connectivity index is 2.54. The zero-order valence-corrected chi connectivity index (χ0v) is 11.3. The lowest BCUT2D eigenvalue weighted by Gasteiger charge is -2.18. The summed E-state index contributed by atoms with van der Waals surface area (Å²) < 4.78 is 13.3. The molecule has 1 nitrogen and oxygen atoms in total.